The number of carbonyl (C=O) groups excluding carboxylic acids is 1. The number of hydrogen-bond donors (Lipinski definition) is 2. The zero-order chi connectivity index (χ0) is 15.0. The van der Waals surface area contributed by atoms with Crippen molar-refractivity contribution >= 4 is 27.3 Å². The highest BCUT2D eigenvalue weighted by Gasteiger charge is 2.21. The van der Waals surface area contributed by atoms with Gasteiger partial charge in [0.15, 0.2) is 0 Å². The lowest BCUT2D eigenvalue weighted by molar-refractivity contribution is 0.0957. The monoisotopic (exact) mass is 304 g/mol. The molecule has 21 heavy (non-hydrogen) atoms. The molecule has 5 nitrogen and oxygen atoms in total. The number of hydrazine groups is 1. The third kappa shape index (κ3) is 2.30. The van der Waals surface area contributed by atoms with Gasteiger partial charge >= 0.3 is 0 Å². The quantitative estimate of drug-likeness (QED) is 0.442. The van der Waals surface area contributed by atoms with E-state index in [0.717, 1.165) is 5.69 Å². The number of rotatable bonds is 3. The molecule has 0 aliphatic carbocycles. The first-order chi connectivity index (χ1) is 10.1. The van der Waals surface area contributed by atoms with Gasteiger partial charge in [-0.05, 0) is 25.1 Å². The minimum Gasteiger partial charge on any atom is -0.289 e. The minimum absolute atomic E-state index is 0.322. The topological polar surface area (TPSA) is 72.9 Å². The van der Waals surface area contributed by atoms with Gasteiger partial charge in [0.25, 0.3) is 5.91 Å². The van der Waals surface area contributed by atoms with Crippen molar-refractivity contribution in [2.24, 2.45) is 5.84 Å². The van der Waals surface area contributed by atoms with E-state index in [-0.39, 0.29) is 5.82 Å². The highest BCUT2D eigenvalue weighted by Crippen LogP contribution is 2.33. The van der Waals surface area contributed by atoms with Crippen LogP contribution in [0.25, 0.3) is 10.1 Å². The zero-order valence-corrected chi connectivity index (χ0v) is 12.1. The molecule has 1 amide bonds. The fourth-order valence-electron chi connectivity index (χ4n) is 2.28. The molecule has 108 valence electrons. The Balaban J connectivity index is 2.22. The molecule has 0 fully saturated rings. The molecule has 0 bridgehead atoms. The van der Waals surface area contributed by atoms with Crippen LogP contribution < -0.4 is 11.3 Å². The third-order valence-electron chi connectivity index (χ3n) is 3.34. The molecule has 0 aliphatic rings. The fraction of sp³-hybridized carbons (Fsp3) is 0.143. The molecule has 1 aromatic carbocycles. The second kappa shape index (κ2) is 5.27. The summed E-state index contributed by atoms with van der Waals surface area (Å²) in [5.41, 5.74) is 3.65. The Morgan fingerprint density at radius 1 is 1.48 bits per heavy atom. The van der Waals surface area contributed by atoms with Gasteiger partial charge in [0.05, 0.1) is 11.4 Å². The van der Waals surface area contributed by atoms with Gasteiger partial charge in [-0.2, -0.15) is 5.10 Å². The Morgan fingerprint density at radius 3 is 2.95 bits per heavy atom. The summed E-state index contributed by atoms with van der Waals surface area (Å²) in [5, 5.41) is 4.64. The molecule has 0 saturated heterocycles. The Morgan fingerprint density at radius 2 is 2.29 bits per heavy atom. The lowest BCUT2D eigenvalue weighted by atomic mass is 10.1. The molecular weight excluding hydrogens is 291 g/mol. The summed E-state index contributed by atoms with van der Waals surface area (Å²) in [4.78, 5) is 12.4. The standard InChI is InChI=1S/C14H13FN4OS/c1-8-5-6-17-19(8)7-9-12-10(15)3-2-4-11(12)21-13(9)14(20)18-16/h2-6H,7,16H2,1H3,(H,18,20). The van der Waals surface area contributed by atoms with Crippen molar-refractivity contribution in [2.45, 2.75) is 13.5 Å². The molecular formula is C14H13FN4OS. The first-order valence-corrected chi connectivity index (χ1v) is 7.12. The lowest BCUT2D eigenvalue weighted by Crippen LogP contribution is -2.30. The summed E-state index contributed by atoms with van der Waals surface area (Å²) >= 11 is 1.23. The minimum atomic E-state index is -0.421. The maximum atomic E-state index is 14.2. The second-order valence-electron chi connectivity index (χ2n) is 4.63. The zero-order valence-electron chi connectivity index (χ0n) is 11.3. The van der Waals surface area contributed by atoms with E-state index in [9.17, 15) is 9.18 Å². The molecule has 0 unspecified atom stereocenters. The third-order valence-corrected chi connectivity index (χ3v) is 4.53. The first kappa shape index (κ1) is 13.7. The smallest absolute Gasteiger partial charge is 0.275 e. The van der Waals surface area contributed by atoms with Crippen LogP contribution in [0, 0.1) is 12.7 Å². The second-order valence-corrected chi connectivity index (χ2v) is 5.68. The Labute approximate surface area is 124 Å². The number of benzene rings is 1. The normalized spacial score (nSPS) is 11.0. The van der Waals surface area contributed by atoms with E-state index < -0.39 is 5.91 Å². The summed E-state index contributed by atoms with van der Waals surface area (Å²) in [7, 11) is 0. The van der Waals surface area contributed by atoms with Crippen molar-refractivity contribution in [1.82, 2.24) is 15.2 Å². The number of halogens is 1. The van der Waals surface area contributed by atoms with Gasteiger partial charge in [-0.25, -0.2) is 10.2 Å². The van der Waals surface area contributed by atoms with E-state index in [1.165, 1.54) is 17.4 Å². The molecule has 3 aromatic rings. The molecule has 0 radical (unpaired) electrons. The molecule has 7 heteroatoms. The van der Waals surface area contributed by atoms with Crippen LogP contribution in [-0.4, -0.2) is 15.7 Å². The number of nitrogens with zero attached hydrogens (tertiary/aromatic N) is 2. The van der Waals surface area contributed by atoms with E-state index >= 15 is 0 Å². The number of hydrogen-bond acceptors (Lipinski definition) is 4. The van der Waals surface area contributed by atoms with Crippen LogP contribution >= 0.6 is 11.3 Å². The Bertz CT molecular complexity index is 824. The SMILES string of the molecule is Cc1ccnn1Cc1c(C(=O)NN)sc2cccc(F)c12. The van der Waals surface area contributed by atoms with Crippen molar-refractivity contribution < 1.29 is 9.18 Å². The van der Waals surface area contributed by atoms with Gasteiger partial charge < -0.3 is 0 Å². The molecule has 0 saturated carbocycles. The molecule has 3 rings (SSSR count). The summed E-state index contributed by atoms with van der Waals surface area (Å²) in [5.74, 6) is 4.46. The van der Waals surface area contributed by atoms with Crippen LogP contribution in [0.15, 0.2) is 30.5 Å². The van der Waals surface area contributed by atoms with Crippen LogP contribution in [0.4, 0.5) is 4.39 Å². The highest BCUT2D eigenvalue weighted by atomic mass is 32.1. The molecule has 2 heterocycles. The number of aryl methyl sites for hydroxylation is 1. The number of amides is 1. The number of carbonyl (C=O) groups is 1. The molecule has 0 spiro atoms. The number of fused-ring (bicyclic) bond motifs is 1. The first-order valence-electron chi connectivity index (χ1n) is 6.31. The van der Waals surface area contributed by atoms with E-state index in [0.29, 0.717) is 27.1 Å². The number of nitrogens with one attached hydrogen (secondary N) is 1. The largest absolute Gasteiger partial charge is 0.289 e. The van der Waals surface area contributed by atoms with Crippen LogP contribution in [0.3, 0.4) is 0 Å². The Hall–Kier alpha value is -2.25. The highest BCUT2D eigenvalue weighted by molar-refractivity contribution is 7.21. The van der Waals surface area contributed by atoms with Crippen molar-refractivity contribution in [3.8, 4) is 0 Å². The predicted octanol–water partition coefficient (Wildman–Crippen LogP) is 2.20. The number of nitrogens with two attached hydrogens (primary N) is 1. The van der Waals surface area contributed by atoms with Crippen molar-refractivity contribution in [3.63, 3.8) is 0 Å². The number of aromatic nitrogens is 2. The molecule has 0 aliphatic heterocycles. The maximum Gasteiger partial charge on any atom is 0.275 e. The van der Waals surface area contributed by atoms with Gasteiger partial charge in [0.2, 0.25) is 0 Å². The van der Waals surface area contributed by atoms with Crippen LogP contribution in [0.1, 0.15) is 20.9 Å². The van der Waals surface area contributed by atoms with Crippen molar-refractivity contribution in [2.75, 3.05) is 0 Å². The van der Waals surface area contributed by atoms with Gasteiger partial charge in [-0.15, -0.1) is 11.3 Å². The van der Waals surface area contributed by atoms with Crippen LogP contribution in [0.5, 0.6) is 0 Å². The van der Waals surface area contributed by atoms with Gasteiger partial charge in [-0.1, -0.05) is 6.07 Å². The summed E-state index contributed by atoms with van der Waals surface area (Å²) < 4.78 is 16.6. The van der Waals surface area contributed by atoms with Crippen LogP contribution in [0.2, 0.25) is 0 Å². The maximum absolute atomic E-state index is 14.2. The van der Waals surface area contributed by atoms with E-state index in [1.807, 2.05) is 13.0 Å². The predicted molar refractivity (Wildman–Crippen MR) is 79.5 cm³/mol. The lowest BCUT2D eigenvalue weighted by Gasteiger charge is -2.07. The van der Waals surface area contributed by atoms with Crippen LogP contribution in [-0.2, 0) is 6.54 Å². The molecule has 0 atom stereocenters. The molecule has 2 aromatic heterocycles. The van der Waals surface area contributed by atoms with E-state index in [4.69, 9.17) is 5.84 Å². The van der Waals surface area contributed by atoms with Gasteiger partial charge in [0, 0.05) is 27.5 Å². The van der Waals surface area contributed by atoms with E-state index in [2.05, 4.69) is 10.5 Å². The number of thiophene rings is 1. The van der Waals surface area contributed by atoms with Gasteiger partial charge in [0.1, 0.15) is 5.82 Å². The average molecular weight is 304 g/mol. The van der Waals surface area contributed by atoms with Crippen molar-refractivity contribution in [1.29, 1.82) is 0 Å². The van der Waals surface area contributed by atoms with E-state index in [1.54, 1.807) is 23.0 Å². The van der Waals surface area contributed by atoms with Crippen molar-refractivity contribution in [3.05, 3.63) is 52.4 Å². The Kier molecular flexibility index (Phi) is 3.44. The summed E-state index contributed by atoms with van der Waals surface area (Å²) in [6.45, 7) is 2.23. The van der Waals surface area contributed by atoms with Gasteiger partial charge in [-0.3, -0.25) is 14.9 Å². The fourth-order valence-corrected chi connectivity index (χ4v) is 3.41. The average Bonchev–Trinajstić information content (AvgIpc) is 3.04. The molecule has 3 N–H and O–H groups in total. The summed E-state index contributed by atoms with van der Waals surface area (Å²) in [6.07, 6.45) is 1.67. The summed E-state index contributed by atoms with van der Waals surface area (Å²) in [6, 6.07) is 6.66. The number of nitrogen functional groups attached to an aromatic ring is 1.